The van der Waals surface area contributed by atoms with E-state index in [4.69, 9.17) is 0 Å². The number of rotatable bonds is 5. The van der Waals surface area contributed by atoms with Gasteiger partial charge in [0.15, 0.2) is 0 Å². The number of aryl methyl sites for hydroxylation is 1. The van der Waals surface area contributed by atoms with Crippen LogP contribution in [0.4, 0.5) is 10.1 Å². The number of para-hydroxylation sites is 1. The first-order valence-electron chi connectivity index (χ1n) is 9.71. The van der Waals surface area contributed by atoms with E-state index < -0.39 is 10.7 Å². The van der Waals surface area contributed by atoms with Crippen LogP contribution in [0.5, 0.6) is 0 Å². The molecule has 6 nitrogen and oxygen atoms in total. The predicted octanol–water partition coefficient (Wildman–Crippen LogP) is 5.17. The molecule has 7 heteroatoms. The largest absolute Gasteiger partial charge is 0.273 e. The fraction of sp³-hybridized carbons (Fsp3) is 0.0833. The number of hydrogen-bond acceptors (Lipinski definition) is 4. The average molecular weight is 415 g/mol. The minimum atomic E-state index is -0.411. The summed E-state index contributed by atoms with van der Waals surface area (Å²) in [6, 6.07) is 17.5. The maximum absolute atomic E-state index is 13.4. The molecule has 0 atom stereocenters. The van der Waals surface area contributed by atoms with Crippen molar-refractivity contribution in [3.8, 4) is 5.69 Å². The fourth-order valence-corrected chi connectivity index (χ4v) is 3.43. The second kappa shape index (κ2) is 8.31. The lowest BCUT2D eigenvalue weighted by Gasteiger charge is -2.11. The van der Waals surface area contributed by atoms with Crippen LogP contribution in [0.15, 0.2) is 71.5 Å². The first kappa shape index (κ1) is 20.2. The molecule has 3 aromatic carbocycles. The van der Waals surface area contributed by atoms with Crippen LogP contribution in [-0.4, -0.2) is 14.5 Å². The maximum atomic E-state index is 13.4. The Morgan fingerprint density at radius 1 is 1.06 bits per heavy atom. The number of hydrogen-bond donors (Lipinski definition) is 0. The molecule has 1 aromatic heterocycles. The van der Waals surface area contributed by atoms with Crippen molar-refractivity contribution in [2.75, 3.05) is 0 Å². The smallest absolute Gasteiger partial charge is 0.268 e. The fourth-order valence-electron chi connectivity index (χ4n) is 3.43. The Hall–Kier alpha value is -4.13. The molecule has 0 saturated carbocycles. The van der Waals surface area contributed by atoms with Gasteiger partial charge in [0.2, 0.25) is 0 Å². The number of nitrogens with zero attached hydrogens (tertiary/aromatic N) is 3. The SMILES string of the molecule is CCc1ccc(/C=C/c2nc3ccccc3c(=O)n2-c2ccc(F)cc2)cc1[N+](=O)[O-]. The normalized spacial score (nSPS) is 11.3. The molecule has 4 aromatic rings. The lowest BCUT2D eigenvalue weighted by Crippen LogP contribution is -2.22. The Bertz CT molecular complexity index is 1380. The molecular weight excluding hydrogens is 397 g/mol. The van der Waals surface area contributed by atoms with Crippen LogP contribution in [0, 0.1) is 15.9 Å². The molecule has 0 amide bonds. The lowest BCUT2D eigenvalue weighted by molar-refractivity contribution is -0.385. The molecule has 4 rings (SSSR count). The predicted molar refractivity (Wildman–Crippen MR) is 119 cm³/mol. The monoisotopic (exact) mass is 415 g/mol. The highest BCUT2D eigenvalue weighted by Gasteiger charge is 2.13. The van der Waals surface area contributed by atoms with E-state index in [1.807, 2.05) is 6.92 Å². The van der Waals surface area contributed by atoms with Crippen LogP contribution in [0.2, 0.25) is 0 Å². The number of aromatic nitrogens is 2. The Kier molecular flexibility index (Phi) is 5.41. The molecule has 0 aliphatic rings. The molecule has 154 valence electrons. The van der Waals surface area contributed by atoms with Crippen molar-refractivity contribution >= 4 is 28.7 Å². The molecule has 0 fully saturated rings. The van der Waals surface area contributed by atoms with Crippen molar-refractivity contribution in [2.45, 2.75) is 13.3 Å². The van der Waals surface area contributed by atoms with E-state index in [1.165, 1.54) is 34.9 Å². The van der Waals surface area contributed by atoms with Gasteiger partial charge in [0.05, 0.1) is 21.5 Å². The van der Waals surface area contributed by atoms with E-state index in [0.717, 1.165) is 0 Å². The van der Waals surface area contributed by atoms with Crippen molar-refractivity contribution in [2.24, 2.45) is 0 Å². The van der Waals surface area contributed by atoms with Crippen molar-refractivity contribution in [3.05, 3.63) is 110 Å². The minimum Gasteiger partial charge on any atom is -0.268 e. The third-order valence-corrected chi connectivity index (χ3v) is 5.00. The van der Waals surface area contributed by atoms with E-state index in [-0.39, 0.29) is 11.2 Å². The molecule has 0 radical (unpaired) electrons. The van der Waals surface area contributed by atoms with Gasteiger partial charge < -0.3 is 0 Å². The summed E-state index contributed by atoms with van der Waals surface area (Å²) >= 11 is 0. The molecule has 0 unspecified atom stereocenters. The summed E-state index contributed by atoms with van der Waals surface area (Å²) in [5, 5.41) is 11.8. The third kappa shape index (κ3) is 3.98. The van der Waals surface area contributed by atoms with E-state index in [1.54, 1.807) is 48.6 Å². The zero-order chi connectivity index (χ0) is 22.0. The summed E-state index contributed by atoms with van der Waals surface area (Å²) in [6.45, 7) is 1.86. The number of nitro benzene ring substituents is 1. The summed E-state index contributed by atoms with van der Waals surface area (Å²) in [7, 11) is 0. The second-order valence-corrected chi connectivity index (χ2v) is 6.94. The Balaban J connectivity index is 1.88. The lowest BCUT2D eigenvalue weighted by atomic mass is 10.1. The van der Waals surface area contributed by atoms with Crippen LogP contribution < -0.4 is 5.56 Å². The number of fused-ring (bicyclic) bond motifs is 1. The van der Waals surface area contributed by atoms with Gasteiger partial charge in [-0.05, 0) is 54.5 Å². The highest BCUT2D eigenvalue weighted by molar-refractivity contribution is 5.80. The van der Waals surface area contributed by atoms with Gasteiger partial charge in [-0.2, -0.15) is 0 Å². The summed E-state index contributed by atoms with van der Waals surface area (Å²) in [5.41, 5.74) is 2.01. The van der Waals surface area contributed by atoms with Gasteiger partial charge in [-0.1, -0.05) is 37.3 Å². The molecule has 0 saturated heterocycles. The Labute approximate surface area is 177 Å². The van der Waals surface area contributed by atoms with Crippen molar-refractivity contribution in [1.82, 2.24) is 9.55 Å². The van der Waals surface area contributed by atoms with Crippen LogP contribution in [0.3, 0.4) is 0 Å². The highest BCUT2D eigenvalue weighted by Crippen LogP contribution is 2.22. The topological polar surface area (TPSA) is 78.0 Å². The van der Waals surface area contributed by atoms with E-state index in [0.29, 0.717) is 40.0 Å². The minimum absolute atomic E-state index is 0.0482. The molecule has 0 aliphatic heterocycles. The first-order chi connectivity index (χ1) is 15.0. The van der Waals surface area contributed by atoms with Gasteiger partial charge >= 0.3 is 0 Å². The van der Waals surface area contributed by atoms with E-state index in [9.17, 15) is 19.3 Å². The van der Waals surface area contributed by atoms with Crippen molar-refractivity contribution < 1.29 is 9.31 Å². The highest BCUT2D eigenvalue weighted by atomic mass is 19.1. The summed E-state index contributed by atoms with van der Waals surface area (Å²) in [5.74, 6) is -0.0801. The van der Waals surface area contributed by atoms with Crippen LogP contribution in [0.25, 0.3) is 28.7 Å². The summed E-state index contributed by atoms with van der Waals surface area (Å²) in [6.07, 6.45) is 3.85. The zero-order valence-electron chi connectivity index (χ0n) is 16.7. The zero-order valence-corrected chi connectivity index (χ0v) is 16.7. The third-order valence-electron chi connectivity index (χ3n) is 5.00. The van der Waals surface area contributed by atoms with Crippen molar-refractivity contribution in [1.29, 1.82) is 0 Å². The molecule has 0 aliphatic carbocycles. The quantitative estimate of drug-likeness (QED) is 0.333. The molecular formula is C24H18FN3O3. The van der Waals surface area contributed by atoms with Gasteiger partial charge in [-0.3, -0.25) is 19.5 Å². The summed E-state index contributed by atoms with van der Waals surface area (Å²) < 4.78 is 14.8. The van der Waals surface area contributed by atoms with Crippen LogP contribution in [-0.2, 0) is 6.42 Å². The number of halogens is 1. The molecule has 0 N–H and O–H groups in total. The molecule has 0 spiro atoms. The van der Waals surface area contributed by atoms with E-state index in [2.05, 4.69) is 4.98 Å². The average Bonchev–Trinajstić information content (AvgIpc) is 2.78. The molecule has 31 heavy (non-hydrogen) atoms. The van der Waals surface area contributed by atoms with Crippen molar-refractivity contribution in [3.63, 3.8) is 0 Å². The number of benzene rings is 3. The van der Waals surface area contributed by atoms with Gasteiger partial charge in [0.25, 0.3) is 11.2 Å². The first-order valence-corrected chi connectivity index (χ1v) is 9.71. The van der Waals surface area contributed by atoms with Gasteiger partial charge in [-0.25, -0.2) is 9.37 Å². The van der Waals surface area contributed by atoms with Gasteiger partial charge in [0, 0.05) is 11.6 Å². The molecule has 0 bridgehead atoms. The van der Waals surface area contributed by atoms with Gasteiger partial charge in [-0.15, -0.1) is 0 Å². The Morgan fingerprint density at radius 3 is 2.52 bits per heavy atom. The second-order valence-electron chi connectivity index (χ2n) is 6.94. The maximum Gasteiger partial charge on any atom is 0.273 e. The Morgan fingerprint density at radius 2 is 1.81 bits per heavy atom. The summed E-state index contributed by atoms with van der Waals surface area (Å²) in [4.78, 5) is 28.7. The van der Waals surface area contributed by atoms with Gasteiger partial charge in [0.1, 0.15) is 11.6 Å². The standard InChI is InChI=1S/C24H18FN3O3/c1-2-17-9-7-16(15-22(17)28(30)31)8-14-23-26-21-6-4-3-5-20(21)24(29)27(23)19-12-10-18(25)11-13-19/h3-15H,2H2,1H3/b14-8+. The number of nitro groups is 1. The van der Waals surface area contributed by atoms with Crippen LogP contribution >= 0.6 is 0 Å². The molecule has 1 heterocycles. The van der Waals surface area contributed by atoms with E-state index >= 15 is 0 Å². The van der Waals surface area contributed by atoms with Crippen LogP contribution in [0.1, 0.15) is 23.9 Å².